The Balaban J connectivity index is 1.98. The Labute approximate surface area is 201 Å². The van der Waals surface area contributed by atoms with Gasteiger partial charge in [0.1, 0.15) is 11.5 Å². The van der Waals surface area contributed by atoms with E-state index in [0.29, 0.717) is 37.2 Å². The Morgan fingerprint density at radius 1 is 1.03 bits per heavy atom. The molecule has 184 valence electrons. The Morgan fingerprint density at radius 3 is 2.26 bits per heavy atom. The van der Waals surface area contributed by atoms with Gasteiger partial charge in [0, 0.05) is 30.7 Å². The number of carboxylic acids is 1. The number of nitro groups is 1. The van der Waals surface area contributed by atoms with Gasteiger partial charge in [0.2, 0.25) is 0 Å². The minimum Gasteiger partial charge on any atom is -0.507 e. The van der Waals surface area contributed by atoms with E-state index < -0.39 is 34.4 Å². The third kappa shape index (κ3) is 5.84. The van der Waals surface area contributed by atoms with E-state index in [-0.39, 0.29) is 29.8 Å². The van der Waals surface area contributed by atoms with E-state index in [4.69, 9.17) is 9.84 Å². The maximum atomic E-state index is 13.0. The number of carbonyl (C=O) groups excluding carboxylic acids is 2. The van der Waals surface area contributed by atoms with Gasteiger partial charge in [-0.3, -0.25) is 24.5 Å². The number of benzene rings is 2. The van der Waals surface area contributed by atoms with Crippen LogP contribution < -0.4 is 4.74 Å². The van der Waals surface area contributed by atoms with Crippen LogP contribution >= 0.6 is 0 Å². The zero-order chi connectivity index (χ0) is 25.5. The van der Waals surface area contributed by atoms with Gasteiger partial charge in [-0.1, -0.05) is 18.6 Å². The van der Waals surface area contributed by atoms with Gasteiger partial charge in [-0.25, -0.2) is 0 Å². The van der Waals surface area contributed by atoms with Crippen molar-refractivity contribution in [2.75, 3.05) is 13.2 Å². The summed E-state index contributed by atoms with van der Waals surface area (Å²) in [4.78, 5) is 48.5. The van der Waals surface area contributed by atoms with Crippen molar-refractivity contribution in [3.8, 4) is 5.75 Å². The van der Waals surface area contributed by atoms with Gasteiger partial charge in [0.05, 0.1) is 23.1 Å². The first kappa shape index (κ1) is 25.4. The fraction of sp³-hybridized carbons (Fsp3) is 0.320. The largest absolute Gasteiger partial charge is 0.507 e. The molecule has 1 saturated heterocycles. The van der Waals surface area contributed by atoms with E-state index in [1.807, 2.05) is 6.92 Å². The predicted molar refractivity (Wildman–Crippen MR) is 126 cm³/mol. The minimum atomic E-state index is -0.900. The van der Waals surface area contributed by atoms with Crippen molar-refractivity contribution in [3.05, 3.63) is 75.3 Å². The van der Waals surface area contributed by atoms with Gasteiger partial charge >= 0.3 is 5.97 Å². The SMILES string of the molecule is CCOc1ccc(C2C(=C(O)c3ccc([N+](=O)[O-])cc3)C(=O)C(=O)N2CCCCCC(=O)O)cc1. The number of nitro benzene ring substituents is 1. The first-order chi connectivity index (χ1) is 16.7. The summed E-state index contributed by atoms with van der Waals surface area (Å²) in [5, 5.41) is 30.8. The summed E-state index contributed by atoms with van der Waals surface area (Å²) >= 11 is 0. The molecular formula is C25H26N2O8. The van der Waals surface area contributed by atoms with Crippen molar-refractivity contribution < 1.29 is 34.3 Å². The summed E-state index contributed by atoms with van der Waals surface area (Å²) in [7, 11) is 0. The molecule has 10 nitrogen and oxygen atoms in total. The third-order valence-corrected chi connectivity index (χ3v) is 5.69. The Bertz CT molecular complexity index is 1140. The topological polar surface area (TPSA) is 147 Å². The minimum absolute atomic E-state index is 0.0152. The zero-order valence-corrected chi connectivity index (χ0v) is 19.2. The van der Waals surface area contributed by atoms with Gasteiger partial charge in [0.15, 0.2) is 0 Å². The predicted octanol–water partition coefficient (Wildman–Crippen LogP) is 4.06. The molecule has 2 N–H and O–H groups in total. The van der Waals surface area contributed by atoms with Crippen LogP contribution in [-0.4, -0.2) is 50.8 Å². The molecule has 0 spiro atoms. The standard InChI is InChI=1S/C25H26N2O8/c1-2-35-19-13-9-16(10-14-19)22-21(23(30)17-7-11-18(12-8-17)27(33)34)24(31)25(32)26(22)15-5-3-4-6-20(28)29/h7-14,22,30H,2-6,15H2,1H3,(H,28,29). The smallest absolute Gasteiger partial charge is 0.303 e. The third-order valence-electron chi connectivity index (χ3n) is 5.69. The number of Topliss-reactive ketones (excluding diaryl/α,β-unsaturated/α-hetero) is 1. The average Bonchev–Trinajstić information content (AvgIpc) is 3.09. The van der Waals surface area contributed by atoms with Crippen LogP contribution in [0, 0.1) is 10.1 Å². The van der Waals surface area contributed by atoms with Gasteiger partial charge in [-0.2, -0.15) is 0 Å². The summed E-state index contributed by atoms with van der Waals surface area (Å²) < 4.78 is 5.47. The molecule has 1 aliphatic heterocycles. The highest BCUT2D eigenvalue weighted by Gasteiger charge is 2.45. The molecule has 0 saturated carbocycles. The van der Waals surface area contributed by atoms with Crippen LogP contribution in [0.3, 0.4) is 0 Å². The number of aliphatic hydroxyl groups is 1. The quantitative estimate of drug-likeness (QED) is 0.122. The van der Waals surface area contributed by atoms with E-state index in [9.17, 15) is 29.6 Å². The number of carboxylic acid groups (broad SMARTS) is 1. The molecule has 2 aromatic rings. The molecule has 0 aromatic heterocycles. The van der Waals surface area contributed by atoms with Crippen molar-refractivity contribution in [1.82, 2.24) is 4.90 Å². The van der Waals surface area contributed by atoms with Crippen LogP contribution in [-0.2, 0) is 14.4 Å². The van der Waals surface area contributed by atoms with Crippen molar-refractivity contribution >= 4 is 29.1 Å². The molecule has 35 heavy (non-hydrogen) atoms. The normalized spacial score (nSPS) is 16.9. The van der Waals surface area contributed by atoms with E-state index in [1.165, 1.54) is 29.2 Å². The number of ether oxygens (including phenoxy) is 1. The number of likely N-dealkylation sites (tertiary alicyclic amines) is 1. The number of ketones is 1. The zero-order valence-electron chi connectivity index (χ0n) is 19.2. The molecule has 0 radical (unpaired) electrons. The Kier molecular flexibility index (Phi) is 8.19. The molecular weight excluding hydrogens is 456 g/mol. The molecule has 1 unspecified atom stereocenters. The maximum absolute atomic E-state index is 13.0. The molecule has 0 bridgehead atoms. The number of aliphatic hydroxyl groups excluding tert-OH is 1. The Hall–Kier alpha value is -4.21. The molecule has 1 amide bonds. The lowest BCUT2D eigenvalue weighted by atomic mass is 9.95. The lowest BCUT2D eigenvalue weighted by Gasteiger charge is -2.25. The van der Waals surface area contributed by atoms with Gasteiger partial charge in [0.25, 0.3) is 17.4 Å². The molecule has 10 heteroatoms. The van der Waals surface area contributed by atoms with Crippen molar-refractivity contribution in [2.24, 2.45) is 0 Å². The Morgan fingerprint density at radius 2 is 1.69 bits per heavy atom. The van der Waals surface area contributed by atoms with E-state index in [2.05, 4.69) is 0 Å². The summed E-state index contributed by atoms with van der Waals surface area (Å²) in [6.07, 6.45) is 1.48. The number of rotatable bonds is 11. The molecule has 1 fully saturated rings. The van der Waals surface area contributed by atoms with Gasteiger partial charge in [-0.05, 0) is 49.6 Å². The van der Waals surface area contributed by atoms with Crippen LogP contribution in [0.1, 0.15) is 49.8 Å². The van der Waals surface area contributed by atoms with Crippen LogP contribution in [0.2, 0.25) is 0 Å². The molecule has 1 heterocycles. The van der Waals surface area contributed by atoms with E-state index in [1.54, 1.807) is 24.3 Å². The molecule has 0 aliphatic carbocycles. The van der Waals surface area contributed by atoms with Crippen molar-refractivity contribution in [2.45, 2.75) is 38.6 Å². The second-order valence-electron chi connectivity index (χ2n) is 8.00. The fourth-order valence-electron chi connectivity index (χ4n) is 4.00. The van der Waals surface area contributed by atoms with Crippen LogP contribution in [0.4, 0.5) is 5.69 Å². The highest BCUT2D eigenvalue weighted by Crippen LogP contribution is 2.40. The lowest BCUT2D eigenvalue weighted by Crippen LogP contribution is -2.30. The number of carbonyl (C=O) groups is 3. The van der Waals surface area contributed by atoms with Crippen molar-refractivity contribution in [1.29, 1.82) is 0 Å². The monoisotopic (exact) mass is 482 g/mol. The number of nitrogens with zero attached hydrogens (tertiary/aromatic N) is 2. The van der Waals surface area contributed by atoms with Crippen molar-refractivity contribution in [3.63, 3.8) is 0 Å². The second kappa shape index (κ2) is 11.3. The number of amides is 1. The second-order valence-corrected chi connectivity index (χ2v) is 8.00. The fourth-order valence-corrected chi connectivity index (χ4v) is 4.00. The van der Waals surface area contributed by atoms with E-state index >= 15 is 0 Å². The summed E-state index contributed by atoms with van der Waals surface area (Å²) in [5.41, 5.74) is 0.470. The number of unbranched alkanes of at least 4 members (excludes halogenated alkanes) is 2. The summed E-state index contributed by atoms with van der Waals surface area (Å²) in [6.45, 7) is 2.50. The van der Waals surface area contributed by atoms with Gasteiger partial charge in [-0.15, -0.1) is 0 Å². The average molecular weight is 482 g/mol. The summed E-state index contributed by atoms with van der Waals surface area (Å²) in [6, 6.07) is 11.0. The molecule has 1 atom stereocenters. The van der Waals surface area contributed by atoms with Crippen LogP contribution in [0.25, 0.3) is 5.76 Å². The maximum Gasteiger partial charge on any atom is 0.303 e. The molecule has 1 aliphatic rings. The first-order valence-electron chi connectivity index (χ1n) is 11.2. The highest BCUT2D eigenvalue weighted by atomic mass is 16.6. The summed E-state index contributed by atoms with van der Waals surface area (Å²) in [5.74, 6) is -2.35. The highest BCUT2D eigenvalue weighted by molar-refractivity contribution is 6.46. The van der Waals surface area contributed by atoms with E-state index in [0.717, 1.165) is 0 Å². The van der Waals surface area contributed by atoms with Gasteiger partial charge < -0.3 is 19.8 Å². The lowest BCUT2D eigenvalue weighted by molar-refractivity contribution is -0.384. The molecule has 3 rings (SSSR count). The number of hydrogen-bond donors (Lipinski definition) is 2. The van der Waals surface area contributed by atoms with Crippen LogP contribution in [0.15, 0.2) is 54.1 Å². The number of hydrogen-bond acceptors (Lipinski definition) is 7. The number of aliphatic carboxylic acids is 1. The first-order valence-corrected chi connectivity index (χ1v) is 11.2. The molecule has 2 aromatic carbocycles. The number of non-ortho nitro benzene ring substituents is 1. The van der Waals surface area contributed by atoms with Crippen LogP contribution in [0.5, 0.6) is 5.75 Å².